The van der Waals surface area contributed by atoms with Gasteiger partial charge in [-0.15, -0.1) is 0 Å². The number of aromatic nitrogens is 2. The third kappa shape index (κ3) is 2.85. The summed E-state index contributed by atoms with van der Waals surface area (Å²) in [7, 11) is 0. The lowest BCUT2D eigenvalue weighted by atomic mass is 10.1. The molecule has 0 aliphatic carbocycles. The molecular formula is C14H16FN3O2. The van der Waals surface area contributed by atoms with E-state index in [1.165, 1.54) is 23.1 Å². The zero-order valence-corrected chi connectivity index (χ0v) is 11.3. The summed E-state index contributed by atoms with van der Waals surface area (Å²) in [6, 6.07) is 4.43. The molecule has 1 aromatic heterocycles. The molecular weight excluding hydrogens is 261 g/mol. The minimum absolute atomic E-state index is 0.244. The second kappa shape index (κ2) is 5.83. The van der Waals surface area contributed by atoms with Crippen molar-refractivity contribution in [2.45, 2.75) is 19.9 Å². The lowest BCUT2D eigenvalue weighted by Gasteiger charge is -2.08. The first-order valence-corrected chi connectivity index (χ1v) is 6.30. The molecule has 2 aromatic rings. The number of carbonyl (C=O) groups is 1. The number of esters is 1. The molecule has 106 valence electrons. The predicted molar refractivity (Wildman–Crippen MR) is 72.1 cm³/mol. The van der Waals surface area contributed by atoms with Crippen molar-refractivity contribution in [3.05, 3.63) is 47.5 Å². The normalized spacial score (nSPS) is 12.2. The average molecular weight is 277 g/mol. The van der Waals surface area contributed by atoms with Crippen molar-refractivity contribution in [2.75, 3.05) is 6.61 Å². The molecule has 2 N–H and O–H groups in total. The Labute approximate surface area is 116 Å². The van der Waals surface area contributed by atoms with Crippen molar-refractivity contribution in [1.82, 2.24) is 9.78 Å². The molecule has 0 aliphatic rings. The van der Waals surface area contributed by atoms with Gasteiger partial charge in [-0.25, -0.2) is 13.9 Å². The topological polar surface area (TPSA) is 70.1 Å². The van der Waals surface area contributed by atoms with Crippen LogP contribution in [0.5, 0.6) is 0 Å². The molecule has 1 atom stereocenters. The van der Waals surface area contributed by atoms with Crippen molar-refractivity contribution >= 4 is 5.97 Å². The Hall–Kier alpha value is -2.21. The van der Waals surface area contributed by atoms with Crippen molar-refractivity contribution in [3.63, 3.8) is 0 Å². The summed E-state index contributed by atoms with van der Waals surface area (Å²) in [4.78, 5) is 11.5. The van der Waals surface area contributed by atoms with E-state index in [4.69, 9.17) is 10.5 Å². The van der Waals surface area contributed by atoms with Gasteiger partial charge in [0.25, 0.3) is 0 Å². The van der Waals surface area contributed by atoms with E-state index >= 15 is 0 Å². The lowest BCUT2D eigenvalue weighted by Crippen LogP contribution is -2.07. The summed E-state index contributed by atoms with van der Waals surface area (Å²) in [5, 5.41) is 3.97. The van der Waals surface area contributed by atoms with E-state index in [0.717, 1.165) is 0 Å². The van der Waals surface area contributed by atoms with Crippen LogP contribution >= 0.6 is 0 Å². The second-order valence-electron chi connectivity index (χ2n) is 4.39. The third-order valence-corrected chi connectivity index (χ3v) is 2.84. The first kappa shape index (κ1) is 14.2. The van der Waals surface area contributed by atoms with Gasteiger partial charge in [-0.2, -0.15) is 5.10 Å². The molecule has 0 spiro atoms. The van der Waals surface area contributed by atoms with Gasteiger partial charge in [0, 0.05) is 12.2 Å². The van der Waals surface area contributed by atoms with Crippen LogP contribution in [0.25, 0.3) is 5.69 Å². The molecule has 0 saturated carbocycles. The Balaban J connectivity index is 2.30. The fraction of sp³-hybridized carbons (Fsp3) is 0.286. The molecule has 0 radical (unpaired) electrons. The van der Waals surface area contributed by atoms with Crippen LogP contribution in [-0.4, -0.2) is 22.4 Å². The molecule has 20 heavy (non-hydrogen) atoms. The van der Waals surface area contributed by atoms with E-state index in [-0.39, 0.29) is 23.9 Å². The van der Waals surface area contributed by atoms with Gasteiger partial charge in [-0.05, 0) is 31.5 Å². The minimum Gasteiger partial charge on any atom is -0.462 e. The molecule has 0 fully saturated rings. The molecule has 1 unspecified atom stereocenters. The Bertz CT molecular complexity index is 623. The van der Waals surface area contributed by atoms with Crippen molar-refractivity contribution < 1.29 is 13.9 Å². The van der Waals surface area contributed by atoms with Gasteiger partial charge in [-0.3, -0.25) is 0 Å². The van der Waals surface area contributed by atoms with E-state index in [1.54, 1.807) is 26.0 Å². The van der Waals surface area contributed by atoms with Gasteiger partial charge in [0.15, 0.2) is 0 Å². The number of nitrogens with zero attached hydrogens (tertiary/aromatic N) is 2. The summed E-state index contributed by atoms with van der Waals surface area (Å²) in [5.41, 5.74) is 6.93. The first-order chi connectivity index (χ1) is 9.52. The van der Waals surface area contributed by atoms with E-state index in [2.05, 4.69) is 5.10 Å². The molecule has 1 heterocycles. The summed E-state index contributed by atoms with van der Waals surface area (Å²) >= 11 is 0. The largest absolute Gasteiger partial charge is 0.462 e. The lowest BCUT2D eigenvalue weighted by molar-refractivity contribution is 0.0526. The number of benzene rings is 1. The smallest absolute Gasteiger partial charge is 0.341 e. The molecule has 6 heteroatoms. The number of nitrogens with two attached hydrogens (primary N) is 1. The molecule has 5 nitrogen and oxygen atoms in total. The van der Waals surface area contributed by atoms with Crippen LogP contribution in [0.2, 0.25) is 0 Å². The van der Waals surface area contributed by atoms with Gasteiger partial charge < -0.3 is 10.5 Å². The van der Waals surface area contributed by atoms with Crippen molar-refractivity contribution in [1.29, 1.82) is 0 Å². The monoisotopic (exact) mass is 277 g/mol. The van der Waals surface area contributed by atoms with Crippen LogP contribution in [-0.2, 0) is 4.74 Å². The number of rotatable bonds is 4. The van der Waals surface area contributed by atoms with Crippen LogP contribution in [0, 0.1) is 5.82 Å². The average Bonchev–Trinajstić information content (AvgIpc) is 2.88. The molecule has 0 bridgehead atoms. The van der Waals surface area contributed by atoms with E-state index in [9.17, 15) is 9.18 Å². The predicted octanol–water partition coefficient (Wildman–Crippen LogP) is 2.21. The molecule has 0 amide bonds. The highest BCUT2D eigenvalue weighted by atomic mass is 19.1. The number of hydrogen-bond acceptors (Lipinski definition) is 4. The van der Waals surface area contributed by atoms with Gasteiger partial charge in [-0.1, -0.05) is 6.07 Å². The maximum Gasteiger partial charge on any atom is 0.341 e. The maximum atomic E-state index is 14.0. The summed E-state index contributed by atoms with van der Waals surface area (Å²) < 4.78 is 20.2. The fourth-order valence-corrected chi connectivity index (χ4v) is 1.77. The van der Waals surface area contributed by atoms with Crippen LogP contribution in [0.3, 0.4) is 0 Å². The standard InChI is InChI=1S/C14H16FN3O2/c1-3-20-14(19)11-7-17-18(8-11)13-5-4-10(9(2)16)6-12(13)15/h4-9H,3,16H2,1-2H3. The summed E-state index contributed by atoms with van der Waals surface area (Å²) in [5.74, 6) is -0.926. The number of carbonyl (C=O) groups excluding carboxylic acids is 1. The summed E-state index contributed by atoms with van der Waals surface area (Å²) in [6.45, 7) is 3.78. The molecule has 0 aliphatic heterocycles. The van der Waals surface area contributed by atoms with Crippen LogP contribution in [0.1, 0.15) is 35.8 Å². The molecule has 2 rings (SSSR count). The van der Waals surface area contributed by atoms with Crippen LogP contribution in [0.15, 0.2) is 30.6 Å². The number of halogens is 1. The zero-order chi connectivity index (χ0) is 14.7. The van der Waals surface area contributed by atoms with E-state index in [0.29, 0.717) is 5.56 Å². The van der Waals surface area contributed by atoms with Crippen molar-refractivity contribution in [2.24, 2.45) is 5.73 Å². The van der Waals surface area contributed by atoms with E-state index in [1.807, 2.05) is 0 Å². The Kier molecular flexibility index (Phi) is 4.14. The minimum atomic E-state index is -0.480. The van der Waals surface area contributed by atoms with E-state index < -0.39 is 11.8 Å². The van der Waals surface area contributed by atoms with Gasteiger partial charge in [0.1, 0.15) is 11.5 Å². The van der Waals surface area contributed by atoms with Crippen LogP contribution < -0.4 is 5.73 Å². The zero-order valence-electron chi connectivity index (χ0n) is 11.3. The number of hydrogen-bond donors (Lipinski definition) is 1. The van der Waals surface area contributed by atoms with Gasteiger partial charge in [0.2, 0.25) is 0 Å². The quantitative estimate of drug-likeness (QED) is 0.870. The van der Waals surface area contributed by atoms with Crippen LogP contribution in [0.4, 0.5) is 4.39 Å². The van der Waals surface area contributed by atoms with Gasteiger partial charge >= 0.3 is 5.97 Å². The van der Waals surface area contributed by atoms with Gasteiger partial charge in [0.05, 0.1) is 18.4 Å². The highest BCUT2D eigenvalue weighted by Gasteiger charge is 2.13. The third-order valence-electron chi connectivity index (χ3n) is 2.84. The maximum absolute atomic E-state index is 14.0. The van der Waals surface area contributed by atoms with Crippen molar-refractivity contribution in [3.8, 4) is 5.69 Å². The first-order valence-electron chi connectivity index (χ1n) is 6.30. The fourth-order valence-electron chi connectivity index (χ4n) is 1.77. The molecule has 0 saturated heterocycles. The number of ether oxygens (including phenoxy) is 1. The SMILES string of the molecule is CCOC(=O)c1cnn(-c2ccc(C(C)N)cc2F)c1. The molecule has 1 aromatic carbocycles. The Morgan fingerprint density at radius 1 is 1.55 bits per heavy atom. The Morgan fingerprint density at radius 2 is 2.30 bits per heavy atom. The Morgan fingerprint density at radius 3 is 2.90 bits per heavy atom. The summed E-state index contributed by atoms with van der Waals surface area (Å²) in [6.07, 6.45) is 2.78. The highest BCUT2D eigenvalue weighted by Crippen LogP contribution is 2.18. The second-order valence-corrected chi connectivity index (χ2v) is 4.39. The highest BCUT2D eigenvalue weighted by molar-refractivity contribution is 5.88.